The first-order valence-electron chi connectivity index (χ1n) is 12.2. The highest BCUT2D eigenvalue weighted by molar-refractivity contribution is 6.05. The van der Waals surface area contributed by atoms with Gasteiger partial charge < -0.3 is 15.0 Å². The van der Waals surface area contributed by atoms with Gasteiger partial charge in [0.1, 0.15) is 17.9 Å². The Bertz CT molecular complexity index is 1100. The third-order valence-corrected chi connectivity index (χ3v) is 7.06. The Morgan fingerprint density at radius 2 is 2.03 bits per heavy atom. The standard InChI is InChI=1S/C25H31N5O4/c1-2-29-14-16(13-27-29)12-26-20-5-3-4-6-22(20)34-18-7-8-19-17(11-18)15-30(25(19)33)21-9-10-23(31)28-24(21)32/h7-8,11,13-14,20-22,26H,2-6,9-10,12,15H2,1H3,(H,28,31,32)/t20-,21?,22+/m1/s1. The molecule has 2 fully saturated rings. The van der Waals surface area contributed by atoms with E-state index in [1.54, 1.807) is 11.0 Å². The van der Waals surface area contributed by atoms with Gasteiger partial charge in [-0.15, -0.1) is 0 Å². The third kappa shape index (κ3) is 4.57. The minimum Gasteiger partial charge on any atom is -0.489 e. The number of hydrogen-bond acceptors (Lipinski definition) is 6. The molecule has 2 N–H and O–H groups in total. The second kappa shape index (κ2) is 9.58. The van der Waals surface area contributed by atoms with E-state index in [4.69, 9.17) is 4.74 Å². The number of nitrogens with one attached hydrogen (secondary N) is 2. The van der Waals surface area contributed by atoms with Crippen LogP contribution in [0.3, 0.4) is 0 Å². The molecule has 3 heterocycles. The molecule has 2 aliphatic heterocycles. The van der Waals surface area contributed by atoms with Gasteiger partial charge in [-0.2, -0.15) is 5.10 Å². The van der Waals surface area contributed by atoms with Crippen LogP contribution in [0.4, 0.5) is 0 Å². The number of rotatable bonds is 7. The molecule has 0 radical (unpaired) electrons. The number of amides is 3. The summed E-state index contributed by atoms with van der Waals surface area (Å²) < 4.78 is 8.35. The van der Waals surface area contributed by atoms with Crippen LogP contribution >= 0.6 is 0 Å². The molecule has 1 aromatic carbocycles. The van der Waals surface area contributed by atoms with Crippen molar-refractivity contribution in [2.45, 2.75) is 83.3 Å². The normalized spacial score (nSPS) is 24.8. The molecule has 1 aliphatic carbocycles. The summed E-state index contributed by atoms with van der Waals surface area (Å²) in [5, 5.41) is 10.3. The number of nitrogens with zero attached hydrogens (tertiary/aromatic N) is 3. The van der Waals surface area contributed by atoms with Gasteiger partial charge in [0.25, 0.3) is 5.91 Å². The van der Waals surface area contributed by atoms with Gasteiger partial charge in [-0.05, 0) is 56.4 Å². The Morgan fingerprint density at radius 3 is 2.82 bits per heavy atom. The summed E-state index contributed by atoms with van der Waals surface area (Å²) in [7, 11) is 0. The van der Waals surface area contributed by atoms with E-state index in [0.29, 0.717) is 18.5 Å². The molecule has 9 heteroatoms. The predicted octanol–water partition coefficient (Wildman–Crippen LogP) is 2.14. The Labute approximate surface area is 198 Å². The maximum Gasteiger partial charge on any atom is 0.255 e. The lowest BCUT2D eigenvalue weighted by Gasteiger charge is -2.32. The lowest BCUT2D eigenvalue weighted by Crippen LogP contribution is -2.52. The quantitative estimate of drug-likeness (QED) is 0.607. The summed E-state index contributed by atoms with van der Waals surface area (Å²) in [6.07, 6.45) is 8.97. The number of imide groups is 1. The maximum absolute atomic E-state index is 12.9. The average molecular weight is 466 g/mol. The van der Waals surface area contributed by atoms with Crippen molar-refractivity contribution in [3.8, 4) is 5.75 Å². The van der Waals surface area contributed by atoms with Crippen LogP contribution in [0.5, 0.6) is 5.75 Å². The van der Waals surface area contributed by atoms with Crippen LogP contribution in [0.15, 0.2) is 30.6 Å². The van der Waals surface area contributed by atoms with Crippen molar-refractivity contribution < 1.29 is 19.1 Å². The second-order valence-corrected chi connectivity index (χ2v) is 9.35. The maximum atomic E-state index is 12.9. The van der Waals surface area contributed by atoms with Gasteiger partial charge in [0, 0.05) is 49.4 Å². The Kier molecular flexibility index (Phi) is 6.36. The summed E-state index contributed by atoms with van der Waals surface area (Å²) in [6, 6.07) is 5.21. The highest BCUT2D eigenvalue weighted by atomic mass is 16.5. The van der Waals surface area contributed by atoms with Crippen LogP contribution < -0.4 is 15.4 Å². The fourth-order valence-electron chi connectivity index (χ4n) is 5.19. The molecule has 180 valence electrons. The molecule has 3 atom stereocenters. The fraction of sp³-hybridized carbons (Fsp3) is 0.520. The van der Waals surface area contributed by atoms with E-state index in [0.717, 1.165) is 49.2 Å². The van der Waals surface area contributed by atoms with Gasteiger partial charge in [-0.25, -0.2) is 0 Å². The number of ether oxygens (including phenoxy) is 1. The number of hydrogen-bond donors (Lipinski definition) is 2. The van der Waals surface area contributed by atoms with Crippen molar-refractivity contribution in [2.24, 2.45) is 0 Å². The minimum absolute atomic E-state index is 0.0522. The summed E-state index contributed by atoms with van der Waals surface area (Å²) in [5.74, 6) is -0.0968. The number of fused-ring (bicyclic) bond motifs is 1. The molecular formula is C25H31N5O4. The number of aromatic nitrogens is 2. The zero-order valence-corrected chi connectivity index (χ0v) is 19.5. The first-order valence-corrected chi connectivity index (χ1v) is 12.2. The topological polar surface area (TPSA) is 106 Å². The van der Waals surface area contributed by atoms with Crippen LogP contribution in [0.2, 0.25) is 0 Å². The smallest absolute Gasteiger partial charge is 0.255 e. The first-order chi connectivity index (χ1) is 16.5. The molecule has 1 saturated heterocycles. The fourth-order valence-corrected chi connectivity index (χ4v) is 5.19. The zero-order valence-electron chi connectivity index (χ0n) is 19.5. The van der Waals surface area contributed by atoms with Crippen molar-refractivity contribution >= 4 is 17.7 Å². The molecule has 0 spiro atoms. The van der Waals surface area contributed by atoms with Crippen LogP contribution in [-0.4, -0.2) is 50.6 Å². The van der Waals surface area contributed by atoms with Gasteiger partial charge in [0.05, 0.1) is 6.20 Å². The third-order valence-electron chi connectivity index (χ3n) is 7.06. The van der Waals surface area contributed by atoms with E-state index in [-0.39, 0.29) is 30.4 Å². The Balaban J connectivity index is 1.24. The van der Waals surface area contributed by atoms with Gasteiger partial charge in [0.2, 0.25) is 11.8 Å². The lowest BCUT2D eigenvalue weighted by molar-refractivity contribution is -0.136. The van der Waals surface area contributed by atoms with Crippen molar-refractivity contribution in [2.75, 3.05) is 0 Å². The molecule has 1 aromatic heterocycles. The zero-order chi connectivity index (χ0) is 23.7. The monoisotopic (exact) mass is 465 g/mol. The summed E-state index contributed by atoms with van der Waals surface area (Å²) in [6.45, 7) is 4.04. The van der Waals surface area contributed by atoms with E-state index in [9.17, 15) is 14.4 Å². The van der Waals surface area contributed by atoms with Crippen LogP contribution in [-0.2, 0) is 29.2 Å². The van der Waals surface area contributed by atoms with Gasteiger partial charge in [-0.1, -0.05) is 6.42 Å². The predicted molar refractivity (Wildman–Crippen MR) is 124 cm³/mol. The molecule has 34 heavy (non-hydrogen) atoms. The molecule has 5 rings (SSSR count). The van der Waals surface area contributed by atoms with Crippen LogP contribution in [0, 0.1) is 0 Å². The summed E-state index contributed by atoms with van der Waals surface area (Å²) >= 11 is 0. The van der Waals surface area contributed by atoms with Crippen molar-refractivity contribution in [3.05, 3.63) is 47.3 Å². The van der Waals surface area contributed by atoms with Gasteiger partial charge >= 0.3 is 0 Å². The van der Waals surface area contributed by atoms with E-state index in [1.165, 1.54) is 6.42 Å². The Morgan fingerprint density at radius 1 is 1.18 bits per heavy atom. The van der Waals surface area contributed by atoms with E-state index < -0.39 is 11.9 Å². The SMILES string of the molecule is CCn1cc(CN[C@@H]2CCCC[C@@H]2Oc2ccc3c(c2)CN(C2CCC(=O)NC2=O)C3=O)cn1. The van der Waals surface area contributed by atoms with Crippen LogP contribution in [0.1, 0.15) is 66.9 Å². The van der Waals surface area contributed by atoms with Gasteiger partial charge in [0.15, 0.2) is 0 Å². The molecule has 1 unspecified atom stereocenters. The number of aryl methyl sites for hydroxylation is 1. The molecule has 3 aliphatic rings. The first kappa shape index (κ1) is 22.6. The largest absolute Gasteiger partial charge is 0.489 e. The summed E-state index contributed by atoms with van der Waals surface area (Å²) in [5.41, 5.74) is 2.62. The summed E-state index contributed by atoms with van der Waals surface area (Å²) in [4.78, 5) is 38.2. The number of carbonyl (C=O) groups excluding carboxylic acids is 3. The van der Waals surface area contributed by atoms with Gasteiger partial charge in [-0.3, -0.25) is 24.4 Å². The number of benzene rings is 1. The molecular weight excluding hydrogens is 434 g/mol. The highest BCUT2D eigenvalue weighted by Gasteiger charge is 2.39. The Hall–Kier alpha value is -3.20. The molecule has 0 bridgehead atoms. The second-order valence-electron chi connectivity index (χ2n) is 9.35. The molecule has 9 nitrogen and oxygen atoms in total. The van der Waals surface area contributed by atoms with Crippen molar-refractivity contribution in [3.63, 3.8) is 0 Å². The minimum atomic E-state index is -0.606. The number of piperidine rings is 1. The molecule has 1 saturated carbocycles. The highest BCUT2D eigenvalue weighted by Crippen LogP contribution is 2.32. The molecule has 3 amide bonds. The number of carbonyl (C=O) groups is 3. The average Bonchev–Trinajstić information content (AvgIpc) is 3.43. The van der Waals surface area contributed by atoms with E-state index >= 15 is 0 Å². The molecule has 2 aromatic rings. The van der Waals surface area contributed by atoms with E-state index in [2.05, 4.69) is 28.9 Å². The van der Waals surface area contributed by atoms with Crippen LogP contribution in [0.25, 0.3) is 0 Å². The van der Waals surface area contributed by atoms with Crippen molar-refractivity contribution in [1.82, 2.24) is 25.3 Å². The van der Waals surface area contributed by atoms with Crippen molar-refractivity contribution in [1.29, 1.82) is 0 Å². The van der Waals surface area contributed by atoms with E-state index in [1.807, 2.05) is 23.0 Å². The lowest BCUT2D eigenvalue weighted by atomic mass is 9.92.